The van der Waals surface area contributed by atoms with Crippen LogP contribution in [0.3, 0.4) is 0 Å². The molecule has 0 radical (unpaired) electrons. The van der Waals surface area contributed by atoms with E-state index >= 15 is 0 Å². The number of hydrogen-bond acceptors (Lipinski definition) is 4. The van der Waals surface area contributed by atoms with Gasteiger partial charge >= 0.3 is 0 Å². The quantitative estimate of drug-likeness (QED) is 0.830. The summed E-state index contributed by atoms with van der Waals surface area (Å²) in [7, 11) is 0. The highest BCUT2D eigenvalue weighted by atomic mass is 32.1. The van der Waals surface area contributed by atoms with Gasteiger partial charge in [-0.15, -0.1) is 11.3 Å². The van der Waals surface area contributed by atoms with Crippen molar-refractivity contribution < 1.29 is 4.79 Å². The second-order valence-corrected chi connectivity index (χ2v) is 5.09. The molecule has 2 aromatic rings. The largest absolute Gasteiger partial charge is 0.370 e. The molecule has 0 aromatic carbocycles. The molecule has 1 unspecified atom stereocenters. The fourth-order valence-corrected chi connectivity index (χ4v) is 2.94. The maximum Gasteiger partial charge on any atom is 0.263 e. The average Bonchev–Trinajstić information content (AvgIpc) is 2.64. The number of carbonyl (C=O) groups is 1. The number of hydrogen-bond donors (Lipinski definition) is 2. The summed E-state index contributed by atoms with van der Waals surface area (Å²) in [6.45, 7) is 1.74. The van der Waals surface area contributed by atoms with E-state index in [1.54, 1.807) is 13.0 Å². The van der Waals surface area contributed by atoms with Gasteiger partial charge in [0.25, 0.3) is 5.56 Å². The summed E-state index contributed by atoms with van der Waals surface area (Å²) in [5.41, 5.74) is 4.95. The van der Waals surface area contributed by atoms with Gasteiger partial charge in [-0.25, -0.2) is 0 Å². The maximum atomic E-state index is 12.2. The van der Waals surface area contributed by atoms with E-state index in [1.165, 1.54) is 15.9 Å². The Morgan fingerprint density at radius 3 is 3.06 bits per heavy atom. The van der Waals surface area contributed by atoms with Crippen LogP contribution in [0.5, 0.6) is 0 Å². The highest BCUT2D eigenvalue weighted by Crippen LogP contribution is 2.16. The fourth-order valence-electron chi connectivity index (χ4n) is 1.74. The lowest BCUT2D eigenvalue weighted by Crippen LogP contribution is -2.27. The maximum absolute atomic E-state index is 12.2. The number of thiophene rings is 1. The second-order valence-electron chi connectivity index (χ2n) is 3.79. The van der Waals surface area contributed by atoms with Crippen molar-refractivity contribution in [3.05, 3.63) is 26.6 Å². The van der Waals surface area contributed by atoms with Crippen LogP contribution in [0.15, 0.2) is 16.2 Å². The van der Waals surface area contributed by atoms with Crippen LogP contribution in [0.2, 0.25) is 0 Å². The number of rotatable bonds is 3. The molecule has 1 atom stereocenters. The molecule has 0 aliphatic heterocycles. The number of amides is 1. The third kappa shape index (κ3) is 2.16. The van der Waals surface area contributed by atoms with E-state index < -0.39 is 5.91 Å². The molecule has 0 saturated heterocycles. The molecule has 90 valence electrons. The number of nitrogens with one attached hydrogen (secondary N) is 1. The third-order valence-electron chi connectivity index (χ3n) is 2.49. The molecule has 7 heteroatoms. The summed E-state index contributed by atoms with van der Waals surface area (Å²) in [6, 6.07) is 1.40. The van der Waals surface area contributed by atoms with Crippen molar-refractivity contribution in [1.29, 1.82) is 0 Å². The van der Waals surface area contributed by atoms with Crippen molar-refractivity contribution in [2.45, 2.75) is 19.4 Å². The van der Waals surface area contributed by atoms with Crippen molar-refractivity contribution in [3.63, 3.8) is 0 Å². The van der Waals surface area contributed by atoms with E-state index in [0.717, 1.165) is 4.83 Å². The Labute approximate surface area is 106 Å². The number of nitrogens with two attached hydrogens (primary N) is 1. The van der Waals surface area contributed by atoms with Crippen LogP contribution >= 0.6 is 23.6 Å². The highest BCUT2D eigenvalue weighted by molar-refractivity contribution is 7.71. The summed E-state index contributed by atoms with van der Waals surface area (Å²) in [5, 5.41) is 2.40. The number of aromatic nitrogens is 2. The second kappa shape index (κ2) is 4.42. The first-order valence-corrected chi connectivity index (χ1v) is 6.30. The topological polar surface area (TPSA) is 80.9 Å². The number of fused-ring (bicyclic) bond motifs is 1. The van der Waals surface area contributed by atoms with Crippen LogP contribution < -0.4 is 11.3 Å². The molecule has 5 nitrogen and oxygen atoms in total. The van der Waals surface area contributed by atoms with Gasteiger partial charge in [-0.3, -0.25) is 14.2 Å². The molecule has 1 amide bonds. The lowest BCUT2D eigenvalue weighted by atomic mass is 10.2. The van der Waals surface area contributed by atoms with E-state index in [1.807, 2.05) is 5.38 Å². The monoisotopic (exact) mass is 269 g/mol. The number of carbonyl (C=O) groups excluding carboxylic acids is 1. The zero-order chi connectivity index (χ0) is 12.6. The molecule has 0 aliphatic carbocycles. The minimum absolute atomic E-state index is 0.0903. The molecular weight excluding hydrogens is 258 g/mol. The SMILES string of the molecule is CC(CC(N)=O)n1c(=S)[nH]c2sccc2c1=O. The molecule has 0 fully saturated rings. The van der Waals surface area contributed by atoms with Crippen LogP contribution in [0.4, 0.5) is 0 Å². The first-order chi connectivity index (χ1) is 8.00. The predicted octanol–water partition coefficient (Wildman–Crippen LogP) is 1.56. The Hall–Kier alpha value is -1.47. The van der Waals surface area contributed by atoms with Crippen LogP contribution in [0.25, 0.3) is 10.2 Å². The van der Waals surface area contributed by atoms with Crippen molar-refractivity contribution in [2.75, 3.05) is 0 Å². The van der Waals surface area contributed by atoms with Crippen LogP contribution in [-0.4, -0.2) is 15.5 Å². The van der Waals surface area contributed by atoms with Gasteiger partial charge in [-0.2, -0.15) is 0 Å². The Kier molecular flexibility index (Phi) is 3.12. The zero-order valence-electron chi connectivity index (χ0n) is 9.10. The zero-order valence-corrected chi connectivity index (χ0v) is 10.7. The van der Waals surface area contributed by atoms with Gasteiger partial charge in [0.05, 0.1) is 5.39 Å². The summed E-state index contributed by atoms with van der Waals surface area (Å²) < 4.78 is 1.72. The Morgan fingerprint density at radius 1 is 1.71 bits per heavy atom. The van der Waals surface area contributed by atoms with E-state index in [2.05, 4.69) is 4.98 Å². The summed E-state index contributed by atoms with van der Waals surface area (Å²) >= 11 is 6.55. The first-order valence-electron chi connectivity index (χ1n) is 5.01. The average molecular weight is 269 g/mol. The molecule has 0 saturated carbocycles. The fraction of sp³-hybridized carbons (Fsp3) is 0.300. The molecule has 0 spiro atoms. The molecular formula is C10H11N3O2S2. The number of aromatic amines is 1. The predicted molar refractivity (Wildman–Crippen MR) is 69.8 cm³/mol. The van der Waals surface area contributed by atoms with Gasteiger partial charge in [0.1, 0.15) is 4.83 Å². The van der Waals surface area contributed by atoms with Gasteiger partial charge in [0, 0.05) is 12.5 Å². The normalized spacial score (nSPS) is 12.8. The molecule has 2 aromatic heterocycles. The summed E-state index contributed by atoms with van der Waals surface area (Å²) in [6.07, 6.45) is 0.0903. The standard InChI is InChI=1S/C10H11N3O2S2/c1-5(4-7(11)14)13-9(15)6-2-3-17-8(6)12-10(13)16/h2-3,5H,4H2,1H3,(H2,11,14)(H,12,16). The van der Waals surface area contributed by atoms with Crippen molar-refractivity contribution >= 4 is 39.7 Å². The summed E-state index contributed by atoms with van der Waals surface area (Å²) in [5.74, 6) is -0.454. The van der Waals surface area contributed by atoms with Crippen molar-refractivity contribution in [1.82, 2.24) is 9.55 Å². The lowest BCUT2D eigenvalue weighted by molar-refractivity contribution is -0.118. The Bertz CT molecular complexity index is 683. The minimum Gasteiger partial charge on any atom is -0.370 e. The smallest absolute Gasteiger partial charge is 0.263 e. The van der Waals surface area contributed by atoms with E-state index in [9.17, 15) is 9.59 Å². The molecule has 0 bridgehead atoms. The van der Waals surface area contributed by atoms with E-state index in [0.29, 0.717) is 10.2 Å². The molecule has 0 aliphatic rings. The van der Waals surface area contributed by atoms with Gasteiger partial charge in [-0.05, 0) is 30.6 Å². The van der Waals surface area contributed by atoms with Gasteiger partial charge in [-0.1, -0.05) is 0 Å². The third-order valence-corrected chi connectivity index (χ3v) is 3.62. The highest BCUT2D eigenvalue weighted by Gasteiger charge is 2.14. The van der Waals surface area contributed by atoms with Gasteiger partial charge in [0.15, 0.2) is 4.77 Å². The summed E-state index contributed by atoms with van der Waals surface area (Å²) in [4.78, 5) is 26.8. The van der Waals surface area contributed by atoms with Crippen LogP contribution in [0.1, 0.15) is 19.4 Å². The first kappa shape index (κ1) is 12.0. The number of nitrogens with zero attached hydrogens (tertiary/aromatic N) is 1. The molecule has 17 heavy (non-hydrogen) atoms. The number of H-pyrrole nitrogens is 1. The Morgan fingerprint density at radius 2 is 2.41 bits per heavy atom. The van der Waals surface area contributed by atoms with E-state index in [-0.39, 0.29) is 18.0 Å². The van der Waals surface area contributed by atoms with Crippen molar-refractivity contribution in [2.24, 2.45) is 5.73 Å². The van der Waals surface area contributed by atoms with Gasteiger partial charge in [0.2, 0.25) is 5.91 Å². The molecule has 2 heterocycles. The van der Waals surface area contributed by atoms with Crippen molar-refractivity contribution in [3.8, 4) is 0 Å². The number of primary amides is 1. The minimum atomic E-state index is -0.454. The molecule has 3 N–H and O–H groups in total. The van der Waals surface area contributed by atoms with Crippen LogP contribution in [0, 0.1) is 4.77 Å². The molecule has 2 rings (SSSR count). The van der Waals surface area contributed by atoms with E-state index in [4.69, 9.17) is 18.0 Å². The van der Waals surface area contributed by atoms with Gasteiger partial charge < -0.3 is 10.7 Å². The lowest BCUT2D eigenvalue weighted by Gasteiger charge is -2.13. The Balaban J connectivity index is 2.64. The van der Waals surface area contributed by atoms with Crippen LogP contribution in [-0.2, 0) is 4.79 Å².